The zero-order chi connectivity index (χ0) is 20.0. The highest BCUT2D eigenvalue weighted by molar-refractivity contribution is 7.89. The molecule has 0 aliphatic carbocycles. The Morgan fingerprint density at radius 2 is 1.71 bits per heavy atom. The van der Waals surface area contributed by atoms with Crippen LogP contribution >= 0.6 is 12.4 Å². The van der Waals surface area contributed by atoms with Crippen molar-refractivity contribution in [3.8, 4) is 0 Å². The molecule has 2 aromatic rings. The van der Waals surface area contributed by atoms with Crippen LogP contribution in [0.4, 0.5) is 0 Å². The largest absolute Gasteiger partial charge is 0.350 e. The van der Waals surface area contributed by atoms with Crippen LogP contribution in [0.2, 0.25) is 0 Å². The van der Waals surface area contributed by atoms with Gasteiger partial charge in [-0.25, -0.2) is 8.42 Å². The highest BCUT2D eigenvalue weighted by Gasteiger charge is 2.24. The lowest BCUT2D eigenvalue weighted by molar-refractivity contribution is 0.0951. The van der Waals surface area contributed by atoms with Gasteiger partial charge in [0.05, 0.1) is 4.90 Å². The molecule has 0 spiro atoms. The number of nitrogens with two attached hydrogens (primary N) is 1. The lowest BCUT2D eigenvalue weighted by Crippen LogP contribution is -2.33. The van der Waals surface area contributed by atoms with Crippen LogP contribution in [0.5, 0.6) is 0 Å². The number of halogens is 1. The number of carbonyl (C=O) groups is 1. The molecule has 1 atom stereocenters. The van der Waals surface area contributed by atoms with E-state index in [0.29, 0.717) is 24.2 Å². The fourth-order valence-electron chi connectivity index (χ4n) is 2.84. The van der Waals surface area contributed by atoms with Crippen LogP contribution in [0, 0.1) is 6.92 Å². The van der Waals surface area contributed by atoms with Gasteiger partial charge in [0.2, 0.25) is 10.0 Å². The Morgan fingerprint density at radius 1 is 1.11 bits per heavy atom. The number of hydrogen-bond acceptors (Lipinski definition) is 4. The molecule has 0 saturated carbocycles. The summed E-state index contributed by atoms with van der Waals surface area (Å²) in [4.78, 5) is 12.7. The molecule has 1 unspecified atom stereocenters. The van der Waals surface area contributed by atoms with Crippen molar-refractivity contribution in [2.75, 3.05) is 19.6 Å². The van der Waals surface area contributed by atoms with Crippen LogP contribution < -0.4 is 11.1 Å². The van der Waals surface area contributed by atoms with Crippen LogP contribution in [0.1, 0.15) is 41.4 Å². The standard InChI is InChI=1S/C20H27N3O3S.ClH/c1-4-23(5-2)27(25,26)19-13-17(12-11-15(19)3)20(24)22-14-18(21)16-9-7-6-8-10-16;/h6-13,18H,4-5,14,21H2,1-3H3,(H,22,24);1H. The predicted molar refractivity (Wildman–Crippen MR) is 114 cm³/mol. The molecule has 28 heavy (non-hydrogen) atoms. The average molecular weight is 426 g/mol. The fourth-order valence-corrected chi connectivity index (χ4v) is 4.55. The number of amides is 1. The van der Waals surface area contributed by atoms with Crippen LogP contribution in [0.15, 0.2) is 53.4 Å². The third-order valence-corrected chi connectivity index (χ3v) is 6.68. The van der Waals surface area contributed by atoms with E-state index in [1.807, 2.05) is 30.3 Å². The van der Waals surface area contributed by atoms with E-state index in [2.05, 4.69) is 5.32 Å². The monoisotopic (exact) mass is 425 g/mol. The minimum absolute atomic E-state index is 0. The van der Waals surface area contributed by atoms with Gasteiger partial charge in [0.25, 0.3) is 5.91 Å². The predicted octanol–water partition coefficient (Wildman–Crippen LogP) is 2.88. The molecule has 2 aromatic carbocycles. The summed E-state index contributed by atoms with van der Waals surface area (Å²) in [6, 6.07) is 13.9. The van der Waals surface area contributed by atoms with E-state index in [1.165, 1.54) is 10.4 Å². The zero-order valence-electron chi connectivity index (χ0n) is 16.4. The second-order valence-corrected chi connectivity index (χ2v) is 8.20. The highest BCUT2D eigenvalue weighted by Crippen LogP contribution is 2.21. The first kappa shape index (κ1) is 24.1. The number of nitrogens with one attached hydrogen (secondary N) is 1. The van der Waals surface area contributed by atoms with E-state index in [-0.39, 0.29) is 35.8 Å². The summed E-state index contributed by atoms with van der Waals surface area (Å²) >= 11 is 0. The van der Waals surface area contributed by atoms with Gasteiger partial charge in [-0.2, -0.15) is 4.31 Å². The number of sulfonamides is 1. The number of nitrogens with zero attached hydrogens (tertiary/aromatic N) is 1. The molecule has 8 heteroatoms. The number of benzene rings is 2. The second kappa shape index (κ2) is 10.6. The third-order valence-electron chi connectivity index (χ3n) is 4.48. The summed E-state index contributed by atoms with van der Waals surface area (Å²) in [7, 11) is -3.63. The minimum atomic E-state index is -3.63. The van der Waals surface area contributed by atoms with Crippen molar-refractivity contribution in [3.05, 3.63) is 65.2 Å². The summed E-state index contributed by atoms with van der Waals surface area (Å²) < 4.78 is 27.0. The summed E-state index contributed by atoms with van der Waals surface area (Å²) in [5, 5.41) is 2.78. The average Bonchev–Trinajstić information content (AvgIpc) is 2.67. The molecule has 0 saturated heterocycles. The van der Waals surface area contributed by atoms with Gasteiger partial charge < -0.3 is 11.1 Å². The summed E-state index contributed by atoms with van der Waals surface area (Å²) in [6.45, 7) is 6.31. The minimum Gasteiger partial charge on any atom is -0.350 e. The van der Waals surface area contributed by atoms with Crippen molar-refractivity contribution in [2.24, 2.45) is 5.73 Å². The van der Waals surface area contributed by atoms with E-state index in [0.717, 1.165) is 5.56 Å². The van der Waals surface area contributed by atoms with Crippen molar-refractivity contribution < 1.29 is 13.2 Å². The number of carbonyl (C=O) groups excluding carboxylic acids is 1. The second-order valence-electron chi connectivity index (χ2n) is 6.30. The van der Waals surface area contributed by atoms with Crippen LogP contribution in [-0.2, 0) is 10.0 Å². The van der Waals surface area contributed by atoms with E-state index < -0.39 is 10.0 Å². The van der Waals surface area contributed by atoms with Gasteiger partial charge in [-0.3, -0.25) is 4.79 Å². The van der Waals surface area contributed by atoms with Crippen molar-refractivity contribution in [1.29, 1.82) is 0 Å². The Labute approximate surface area is 173 Å². The molecule has 2 rings (SSSR count). The maximum atomic E-state index is 12.8. The smallest absolute Gasteiger partial charge is 0.251 e. The molecule has 154 valence electrons. The zero-order valence-corrected chi connectivity index (χ0v) is 18.0. The van der Waals surface area contributed by atoms with Crippen molar-refractivity contribution in [2.45, 2.75) is 31.7 Å². The summed E-state index contributed by atoms with van der Waals surface area (Å²) in [6.07, 6.45) is 0. The molecule has 0 aliphatic heterocycles. The van der Waals surface area contributed by atoms with Crippen LogP contribution in [0.25, 0.3) is 0 Å². The number of aryl methyl sites for hydroxylation is 1. The first-order valence-electron chi connectivity index (χ1n) is 9.00. The van der Waals surface area contributed by atoms with Gasteiger partial charge in [0, 0.05) is 31.2 Å². The fraction of sp³-hybridized carbons (Fsp3) is 0.350. The van der Waals surface area contributed by atoms with E-state index >= 15 is 0 Å². The molecule has 6 nitrogen and oxygen atoms in total. The van der Waals surface area contributed by atoms with E-state index in [9.17, 15) is 13.2 Å². The first-order valence-corrected chi connectivity index (χ1v) is 10.4. The van der Waals surface area contributed by atoms with E-state index in [4.69, 9.17) is 5.73 Å². The Hall–Kier alpha value is -1.93. The topological polar surface area (TPSA) is 92.5 Å². The maximum Gasteiger partial charge on any atom is 0.251 e. The highest BCUT2D eigenvalue weighted by atomic mass is 35.5. The Kier molecular flexibility index (Phi) is 9.10. The Morgan fingerprint density at radius 3 is 2.29 bits per heavy atom. The van der Waals surface area contributed by atoms with E-state index in [1.54, 1.807) is 32.9 Å². The summed E-state index contributed by atoms with van der Waals surface area (Å²) in [5.41, 5.74) is 7.93. The van der Waals surface area contributed by atoms with Crippen LogP contribution in [0.3, 0.4) is 0 Å². The molecule has 0 aromatic heterocycles. The lowest BCUT2D eigenvalue weighted by Gasteiger charge is -2.20. The normalized spacial score (nSPS) is 12.3. The Bertz CT molecular complexity index is 885. The quantitative estimate of drug-likeness (QED) is 0.680. The third kappa shape index (κ3) is 5.54. The van der Waals surface area contributed by atoms with Gasteiger partial charge in [-0.1, -0.05) is 50.2 Å². The lowest BCUT2D eigenvalue weighted by atomic mass is 10.1. The van der Waals surface area contributed by atoms with Crippen molar-refractivity contribution in [1.82, 2.24) is 9.62 Å². The Balaban J connectivity index is 0.00000392. The number of rotatable bonds is 8. The molecule has 0 bridgehead atoms. The van der Waals surface area contributed by atoms with Crippen molar-refractivity contribution in [3.63, 3.8) is 0 Å². The maximum absolute atomic E-state index is 12.8. The van der Waals surface area contributed by atoms with Gasteiger partial charge in [0.1, 0.15) is 0 Å². The summed E-state index contributed by atoms with van der Waals surface area (Å²) in [5.74, 6) is -0.350. The molecule has 0 heterocycles. The number of hydrogen-bond donors (Lipinski definition) is 2. The molecular weight excluding hydrogens is 398 g/mol. The van der Waals surface area contributed by atoms with Gasteiger partial charge in [-0.05, 0) is 30.2 Å². The molecule has 0 radical (unpaired) electrons. The SMILES string of the molecule is CCN(CC)S(=O)(=O)c1cc(C(=O)NCC(N)c2ccccc2)ccc1C.Cl. The molecule has 0 aliphatic rings. The van der Waals surface area contributed by atoms with Crippen molar-refractivity contribution >= 4 is 28.3 Å². The van der Waals surface area contributed by atoms with Gasteiger partial charge in [0.15, 0.2) is 0 Å². The first-order chi connectivity index (χ1) is 12.8. The molecule has 1 amide bonds. The molecule has 0 fully saturated rings. The molecule has 3 N–H and O–H groups in total. The van der Waals surface area contributed by atoms with Gasteiger partial charge >= 0.3 is 0 Å². The van der Waals surface area contributed by atoms with Gasteiger partial charge in [-0.15, -0.1) is 12.4 Å². The van der Waals surface area contributed by atoms with Crippen LogP contribution in [-0.4, -0.2) is 38.3 Å². The molecular formula is C20H28ClN3O3S.